The lowest BCUT2D eigenvalue weighted by atomic mass is 10.0. The molecule has 0 saturated carbocycles. The van der Waals surface area contributed by atoms with E-state index in [0.717, 1.165) is 10.1 Å². The molecule has 6 nitrogen and oxygen atoms in total. The van der Waals surface area contributed by atoms with Crippen molar-refractivity contribution in [2.24, 2.45) is 5.92 Å². The van der Waals surface area contributed by atoms with Crippen LogP contribution in [0.5, 0.6) is 0 Å². The number of aromatic nitrogens is 2. The van der Waals surface area contributed by atoms with Crippen molar-refractivity contribution in [3.8, 4) is 0 Å². The lowest BCUT2D eigenvalue weighted by molar-refractivity contribution is -0.138. The van der Waals surface area contributed by atoms with Gasteiger partial charge in [0, 0.05) is 18.5 Å². The molecule has 2 aromatic heterocycles. The normalized spacial score (nSPS) is 18.2. The molecule has 104 valence electrons. The van der Waals surface area contributed by atoms with Gasteiger partial charge in [-0.1, -0.05) is 0 Å². The van der Waals surface area contributed by atoms with E-state index in [1.165, 1.54) is 0 Å². The first kappa shape index (κ1) is 13.1. The van der Waals surface area contributed by atoms with Crippen LogP contribution in [-0.2, 0) is 14.3 Å². The Balaban J connectivity index is 1.71. The first-order valence-corrected chi connectivity index (χ1v) is 7.00. The van der Waals surface area contributed by atoms with Crippen LogP contribution < -0.4 is 5.32 Å². The highest BCUT2D eigenvalue weighted by Gasteiger charge is 2.26. The number of ether oxygens (including phenoxy) is 1. The minimum absolute atomic E-state index is 0.0339. The summed E-state index contributed by atoms with van der Waals surface area (Å²) in [7, 11) is 0. The molecule has 0 radical (unpaired) electrons. The van der Waals surface area contributed by atoms with Gasteiger partial charge in [0.25, 0.3) is 0 Å². The van der Waals surface area contributed by atoms with Gasteiger partial charge < -0.3 is 10.1 Å². The van der Waals surface area contributed by atoms with Crippen molar-refractivity contribution >= 4 is 39.3 Å². The van der Waals surface area contributed by atoms with Gasteiger partial charge in [0.05, 0.1) is 23.7 Å². The molecule has 1 saturated heterocycles. The van der Waals surface area contributed by atoms with Gasteiger partial charge in [-0.25, -0.2) is 4.98 Å². The summed E-state index contributed by atoms with van der Waals surface area (Å²) in [6.45, 7) is 0.324. The number of anilines is 1. The maximum Gasteiger partial charge on any atom is 0.306 e. The highest BCUT2D eigenvalue weighted by molar-refractivity contribution is 9.10. The van der Waals surface area contributed by atoms with Gasteiger partial charge in [0.2, 0.25) is 5.91 Å². The molecule has 1 aliphatic rings. The van der Waals surface area contributed by atoms with Crippen molar-refractivity contribution in [2.75, 3.05) is 11.9 Å². The number of esters is 1. The molecule has 7 heteroatoms. The lowest BCUT2D eigenvalue weighted by Crippen LogP contribution is -2.17. The van der Waals surface area contributed by atoms with Crippen LogP contribution in [0.15, 0.2) is 29.0 Å². The number of nitrogens with zero attached hydrogens (tertiary/aromatic N) is 2. The topological polar surface area (TPSA) is 72.7 Å². The van der Waals surface area contributed by atoms with Crippen molar-refractivity contribution in [1.29, 1.82) is 0 Å². The van der Waals surface area contributed by atoms with Crippen LogP contribution >= 0.6 is 15.9 Å². The molecule has 1 atom stereocenters. The molecule has 0 aromatic carbocycles. The van der Waals surface area contributed by atoms with Gasteiger partial charge in [0.1, 0.15) is 5.82 Å². The molecule has 2 aromatic rings. The van der Waals surface area contributed by atoms with Crippen LogP contribution in [0.1, 0.15) is 12.8 Å². The molecular weight excluding hydrogens is 326 g/mol. The molecule has 1 N–H and O–H groups in total. The predicted octanol–water partition coefficient (Wildman–Crippen LogP) is 1.99. The number of halogens is 1. The zero-order valence-corrected chi connectivity index (χ0v) is 12.1. The number of pyridine rings is 1. The summed E-state index contributed by atoms with van der Waals surface area (Å²) in [6.07, 6.45) is 4.01. The molecule has 1 fully saturated rings. The van der Waals surface area contributed by atoms with Crippen molar-refractivity contribution in [3.05, 3.63) is 29.0 Å². The lowest BCUT2D eigenvalue weighted by Gasteiger charge is -2.07. The number of nitrogens with one attached hydrogen (secondary N) is 1. The second kappa shape index (κ2) is 5.24. The quantitative estimate of drug-likeness (QED) is 0.869. The van der Waals surface area contributed by atoms with E-state index >= 15 is 0 Å². The van der Waals surface area contributed by atoms with Crippen molar-refractivity contribution < 1.29 is 14.3 Å². The van der Waals surface area contributed by atoms with E-state index in [1.54, 1.807) is 10.6 Å². The Bertz CT molecular complexity index is 683. The first-order chi connectivity index (χ1) is 9.63. The molecule has 20 heavy (non-hydrogen) atoms. The second-order valence-corrected chi connectivity index (χ2v) is 5.55. The molecule has 1 aliphatic heterocycles. The van der Waals surface area contributed by atoms with E-state index in [9.17, 15) is 9.59 Å². The molecule has 0 aliphatic carbocycles. The number of cyclic esters (lactones) is 1. The molecule has 1 unspecified atom stereocenters. The van der Waals surface area contributed by atoms with Gasteiger partial charge in [-0.2, -0.15) is 0 Å². The summed E-state index contributed by atoms with van der Waals surface area (Å²) in [4.78, 5) is 27.2. The summed E-state index contributed by atoms with van der Waals surface area (Å²) in [6, 6.07) is 3.74. The number of hydrogen-bond donors (Lipinski definition) is 1. The first-order valence-electron chi connectivity index (χ1n) is 6.20. The Kier molecular flexibility index (Phi) is 3.43. The zero-order valence-electron chi connectivity index (χ0n) is 10.5. The number of imidazole rings is 1. The van der Waals surface area contributed by atoms with E-state index in [-0.39, 0.29) is 24.2 Å². The number of amides is 1. The van der Waals surface area contributed by atoms with Gasteiger partial charge in [-0.15, -0.1) is 0 Å². The fourth-order valence-electron chi connectivity index (χ4n) is 2.22. The second-order valence-electron chi connectivity index (χ2n) is 4.70. The van der Waals surface area contributed by atoms with E-state index in [2.05, 4.69) is 26.2 Å². The van der Waals surface area contributed by atoms with Crippen LogP contribution in [-0.4, -0.2) is 27.9 Å². The van der Waals surface area contributed by atoms with Gasteiger partial charge >= 0.3 is 5.97 Å². The average Bonchev–Trinajstić information content (AvgIpc) is 2.98. The van der Waals surface area contributed by atoms with E-state index in [1.807, 2.05) is 18.3 Å². The van der Waals surface area contributed by atoms with Crippen molar-refractivity contribution in [1.82, 2.24) is 9.38 Å². The molecule has 1 amide bonds. The van der Waals surface area contributed by atoms with Crippen LogP contribution in [0.3, 0.4) is 0 Å². The smallest absolute Gasteiger partial charge is 0.306 e. The predicted molar refractivity (Wildman–Crippen MR) is 75.2 cm³/mol. The number of carbonyl (C=O) groups excluding carboxylic acids is 2. The summed E-state index contributed by atoms with van der Waals surface area (Å²) in [5.41, 5.74) is 0.738. The van der Waals surface area contributed by atoms with Crippen LogP contribution in [0, 0.1) is 5.92 Å². The highest BCUT2D eigenvalue weighted by Crippen LogP contribution is 2.21. The van der Waals surface area contributed by atoms with Gasteiger partial charge in [-0.05, 0) is 28.1 Å². The molecular formula is C13H12BrN3O3. The number of hydrogen-bond acceptors (Lipinski definition) is 4. The van der Waals surface area contributed by atoms with Crippen LogP contribution in [0.25, 0.3) is 5.65 Å². The van der Waals surface area contributed by atoms with E-state index < -0.39 is 0 Å². The van der Waals surface area contributed by atoms with Crippen LogP contribution in [0.4, 0.5) is 5.82 Å². The highest BCUT2D eigenvalue weighted by atomic mass is 79.9. The average molecular weight is 338 g/mol. The fourth-order valence-corrected chi connectivity index (χ4v) is 2.67. The van der Waals surface area contributed by atoms with E-state index in [0.29, 0.717) is 18.8 Å². The maximum atomic E-state index is 12.0. The summed E-state index contributed by atoms with van der Waals surface area (Å²) in [5.74, 6) is 0.196. The Morgan fingerprint density at radius 1 is 1.60 bits per heavy atom. The standard InChI is InChI=1S/C13H12BrN3O3/c14-9-2-1-3-17-10(6-15-13(9)17)16-11(18)4-8-5-12(19)20-7-8/h1-3,6,8H,4-5,7H2,(H,16,18). The monoisotopic (exact) mass is 337 g/mol. The SMILES string of the molecule is O=C(CC1COC(=O)C1)Nc1cnc2c(Br)cccn12. The summed E-state index contributed by atoms with van der Waals surface area (Å²) < 4.78 is 7.49. The minimum Gasteiger partial charge on any atom is -0.465 e. The largest absolute Gasteiger partial charge is 0.465 e. The maximum absolute atomic E-state index is 12.0. The Labute approximate surface area is 123 Å². The Hall–Kier alpha value is -1.89. The third kappa shape index (κ3) is 2.53. The van der Waals surface area contributed by atoms with Crippen molar-refractivity contribution in [3.63, 3.8) is 0 Å². The third-order valence-corrected chi connectivity index (χ3v) is 3.78. The van der Waals surface area contributed by atoms with Gasteiger partial charge in [-0.3, -0.25) is 14.0 Å². The molecule has 3 heterocycles. The minimum atomic E-state index is -0.235. The number of rotatable bonds is 3. The van der Waals surface area contributed by atoms with Gasteiger partial charge in [0.15, 0.2) is 5.65 Å². The zero-order chi connectivity index (χ0) is 14.1. The molecule has 3 rings (SSSR count). The van der Waals surface area contributed by atoms with Crippen molar-refractivity contribution in [2.45, 2.75) is 12.8 Å². The Morgan fingerprint density at radius 2 is 2.45 bits per heavy atom. The number of fused-ring (bicyclic) bond motifs is 1. The third-order valence-electron chi connectivity index (χ3n) is 3.17. The summed E-state index contributed by atoms with van der Waals surface area (Å²) in [5, 5.41) is 2.81. The van der Waals surface area contributed by atoms with E-state index in [4.69, 9.17) is 4.74 Å². The number of carbonyl (C=O) groups is 2. The molecule has 0 spiro atoms. The van der Waals surface area contributed by atoms with Crippen LogP contribution in [0.2, 0.25) is 0 Å². The fraction of sp³-hybridized carbons (Fsp3) is 0.308. The Morgan fingerprint density at radius 3 is 3.20 bits per heavy atom. The summed E-state index contributed by atoms with van der Waals surface area (Å²) >= 11 is 3.40. The molecule has 0 bridgehead atoms.